The number of esters is 1. The van der Waals surface area contributed by atoms with Gasteiger partial charge >= 0.3 is 5.97 Å². The fourth-order valence-electron chi connectivity index (χ4n) is 2.15. The summed E-state index contributed by atoms with van der Waals surface area (Å²) < 4.78 is 11.7. The van der Waals surface area contributed by atoms with Crippen LogP contribution in [0.25, 0.3) is 6.08 Å². The van der Waals surface area contributed by atoms with Gasteiger partial charge in [0.15, 0.2) is 6.61 Å². The molecule has 0 spiro atoms. The minimum atomic E-state index is -0.520. The van der Waals surface area contributed by atoms with E-state index in [1.165, 1.54) is 6.08 Å². The summed E-state index contributed by atoms with van der Waals surface area (Å²) >= 11 is 3.40. The molecule has 2 aromatic carbocycles. The van der Waals surface area contributed by atoms with Crippen LogP contribution in [0.4, 0.5) is 0 Å². The summed E-state index contributed by atoms with van der Waals surface area (Å²) in [7, 11) is 0. The van der Waals surface area contributed by atoms with E-state index in [1.807, 2.05) is 19.1 Å². The molecule has 0 aliphatic rings. The fourth-order valence-corrected chi connectivity index (χ4v) is 2.56. The van der Waals surface area contributed by atoms with Crippen LogP contribution in [0.5, 0.6) is 11.5 Å². The summed E-state index contributed by atoms with van der Waals surface area (Å²) in [6.45, 7) is 1.80. The Balaban J connectivity index is 1.95. The van der Waals surface area contributed by atoms with Crippen LogP contribution in [0, 0.1) is 22.7 Å². The minimum Gasteiger partial charge on any atom is -0.482 e. The first-order valence-corrected chi connectivity index (χ1v) is 8.59. The molecule has 0 fully saturated rings. The van der Waals surface area contributed by atoms with E-state index in [2.05, 4.69) is 15.9 Å². The van der Waals surface area contributed by atoms with Crippen molar-refractivity contribution in [3.8, 4) is 23.6 Å². The zero-order valence-corrected chi connectivity index (χ0v) is 15.6. The first-order valence-electron chi connectivity index (χ1n) is 7.79. The van der Waals surface area contributed by atoms with Gasteiger partial charge in [-0.05, 0) is 54.0 Å². The van der Waals surface area contributed by atoms with Gasteiger partial charge in [-0.1, -0.05) is 35.0 Å². The molecule has 26 heavy (non-hydrogen) atoms. The van der Waals surface area contributed by atoms with Gasteiger partial charge in [0.25, 0.3) is 0 Å². The van der Waals surface area contributed by atoms with Crippen LogP contribution in [-0.2, 0) is 11.2 Å². The summed E-state index contributed by atoms with van der Waals surface area (Å²) in [6, 6.07) is 15.7. The van der Waals surface area contributed by atoms with E-state index in [0.717, 1.165) is 16.5 Å². The van der Waals surface area contributed by atoms with Crippen molar-refractivity contribution in [3.05, 3.63) is 63.6 Å². The van der Waals surface area contributed by atoms with Gasteiger partial charge in [0.05, 0.1) is 0 Å². The highest BCUT2D eigenvalue weighted by molar-refractivity contribution is 9.10. The molecule has 130 valence electrons. The largest absolute Gasteiger partial charge is 0.482 e. The molecule has 0 bridgehead atoms. The number of aryl methyl sites for hydroxylation is 1. The Kier molecular flexibility index (Phi) is 6.96. The Labute approximate surface area is 160 Å². The third-order valence-electron chi connectivity index (χ3n) is 3.41. The quantitative estimate of drug-likeness (QED) is 0.399. The number of nitrogens with zero attached hydrogens (tertiary/aromatic N) is 2. The first-order chi connectivity index (χ1) is 12.5. The lowest BCUT2D eigenvalue weighted by atomic mass is 10.1. The maximum atomic E-state index is 12.0. The molecule has 0 amide bonds. The Bertz CT molecular complexity index is 890. The normalized spacial score (nSPS) is 9.54. The second-order valence-electron chi connectivity index (χ2n) is 5.22. The number of hydrogen-bond acceptors (Lipinski definition) is 5. The first kappa shape index (κ1) is 19.2. The van der Waals surface area contributed by atoms with Crippen LogP contribution in [0.15, 0.2) is 52.5 Å². The van der Waals surface area contributed by atoms with Crippen molar-refractivity contribution in [2.45, 2.75) is 13.3 Å². The third-order valence-corrected chi connectivity index (χ3v) is 3.91. The molecule has 0 atom stereocenters. The van der Waals surface area contributed by atoms with Crippen molar-refractivity contribution in [1.29, 1.82) is 10.5 Å². The molecule has 0 unspecified atom stereocenters. The van der Waals surface area contributed by atoms with Crippen LogP contribution < -0.4 is 9.47 Å². The van der Waals surface area contributed by atoms with Crippen LogP contribution in [0.3, 0.4) is 0 Å². The van der Waals surface area contributed by atoms with Gasteiger partial charge in [-0.15, -0.1) is 0 Å². The number of allylic oxidation sites excluding steroid dienone is 1. The summed E-state index contributed by atoms with van der Waals surface area (Å²) in [4.78, 5) is 12.0. The predicted octanol–water partition coefficient (Wildman–Crippen LogP) is 4.43. The van der Waals surface area contributed by atoms with E-state index in [0.29, 0.717) is 17.1 Å². The number of benzene rings is 2. The average Bonchev–Trinajstić information content (AvgIpc) is 2.66. The van der Waals surface area contributed by atoms with E-state index in [9.17, 15) is 4.79 Å². The summed E-state index contributed by atoms with van der Waals surface area (Å²) in [6.07, 6.45) is 2.24. The smallest absolute Gasteiger partial charge is 0.349 e. The fraction of sp³-hybridized carbons (Fsp3) is 0.150. The second kappa shape index (κ2) is 9.41. The van der Waals surface area contributed by atoms with Crippen molar-refractivity contribution in [1.82, 2.24) is 0 Å². The van der Waals surface area contributed by atoms with Gasteiger partial charge in [0.1, 0.15) is 29.2 Å². The minimum absolute atomic E-state index is 0.00405. The highest BCUT2D eigenvalue weighted by atomic mass is 79.9. The molecule has 0 radical (unpaired) electrons. The molecule has 0 saturated carbocycles. The van der Waals surface area contributed by atoms with E-state index < -0.39 is 5.97 Å². The van der Waals surface area contributed by atoms with Gasteiger partial charge in [-0.2, -0.15) is 10.5 Å². The molecule has 0 aliphatic heterocycles. The van der Waals surface area contributed by atoms with Crippen LogP contribution >= 0.6 is 15.9 Å². The zero-order chi connectivity index (χ0) is 18.9. The van der Waals surface area contributed by atoms with E-state index in [-0.39, 0.29) is 12.2 Å². The summed E-state index contributed by atoms with van der Waals surface area (Å²) in [5.74, 6) is 0.486. The number of halogens is 1. The highest BCUT2D eigenvalue weighted by Gasteiger charge is 2.09. The maximum absolute atomic E-state index is 12.0. The Morgan fingerprint density at radius 3 is 2.46 bits per heavy atom. The van der Waals surface area contributed by atoms with Gasteiger partial charge in [-0.25, -0.2) is 4.79 Å². The number of ether oxygens (including phenoxy) is 2. The van der Waals surface area contributed by atoms with Crippen molar-refractivity contribution in [2.75, 3.05) is 6.61 Å². The SMILES string of the molecule is CCc1cc(Br)ccc1OCC(=O)Oc1ccc(C=C(C#N)C#N)cc1. The van der Waals surface area contributed by atoms with Crippen molar-refractivity contribution < 1.29 is 14.3 Å². The Morgan fingerprint density at radius 1 is 1.15 bits per heavy atom. The summed E-state index contributed by atoms with van der Waals surface area (Å²) in [5.41, 5.74) is 1.67. The third kappa shape index (κ3) is 5.47. The molecule has 0 aliphatic carbocycles. The van der Waals surface area contributed by atoms with Gasteiger partial charge in [0.2, 0.25) is 0 Å². The summed E-state index contributed by atoms with van der Waals surface area (Å²) in [5, 5.41) is 17.5. The molecule has 0 heterocycles. The predicted molar refractivity (Wildman–Crippen MR) is 100 cm³/mol. The van der Waals surface area contributed by atoms with Gasteiger partial charge in [-0.3, -0.25) is 0 Å². The number of carbonyl (C=O) groups is 1. The van der Waals surface area contributed by atoms with E-state index >= 15 is 0 Å². The van der Waals surface area contributed by atoms with E-state index in [1.54, 1.807) is 42.5 Å². The molecule has 0 aromatic heterocycles. The van der Waals surface area contributed by atoms with Gasteiger partial charge < -0.3 is 9.47 Å². The molecular formula is C20H15BrN2O3. The molecule has 0 saturated heterocycles. The maximum Gasteiger partial charge on any atom is 0.349 e. The Morgan fingerprint density at radius 2 is 1.85 bits per heavy atom. The highest BCUT2D eigenvalue weighted by Crippen LogP contribution is 2.23. The lowest BCUT2D eigenvalue weighted by Crippen LogP contribution is -2.18. The zero-order valence-electron chi connectivity index (χ0n) is 14.0. The standard InChI is InChI=1S/C20H15BrN2O3/c1-2-16-10-17(21)5-8-19(16)25-13-20(24)26-18-6-3-14(4-7-18)9-15(11-22)12-23/h3-10H,2,13H2,1H3. The number of carbonyl (C=O) groups excluding carboxylic acids is 1. The van der Waals surface area contributed by atoms with Crippen molar-refractivity contribution in [2.24, 2.45) is 0 Å². The molecule has 0 N–H and O–H groups in total. The molecule has 2 rings (SSSR count). The number of hydrogen-bond donors (Lipinski definition) is 0. The van der Waals surface area contributed by atoms with Crippen LogP contribution in [0.2, 0.25) is 0 Å². The number of nitriles is 2. The number of rotatable bonds is 6. The molecular weight excluding hydrogens is 396 g/mol. The van der Waals surface area contributed by atoms with Crippen molar-refractivity contribution >= 4 is 28.0 Å². The Hall–Kier alpha value is -3.09. The van der Waals surface area contributed by atoms with E-state index in [4.69, 9.17) is 20.0 Å². The molecule has 6 heteroatoms. The van der Waals surface area contributed by atoms with Crippen LogP contribution in [0.1, 0.15) is 18.1 Å². The second-order valence-corrected chi connectivity index (χ2v) is 6.13. The topological polar surface area (TPSA) is 83.1 Å². The van der Waals surface area contributed by atoms with Crippen LogP contribution in [-0.4, -0.2) is 12.6 Å². The lowest BCUT2D eigenvalue weighted by Gasteiger charge is -2.10. The van der Waals surface area contributed by atoms with Gasteiger partial charge in [0, 0.05) is 4.47 Å². The molecule has 2 aromatic rings. The lowest BCUT2D eigenvalue weighted by molar-refractivity contribution is -0.136. The average molecular weight is 411 g/mol. The monoisotopic (exact) mass is 410 g/mol. The van der Waals surface area contributed by atoms with Crippen molar-refractivity contribution in [3.63, 3.8) is 0 Å². The molecule has 5 nitrogen and oxygen atoms in total.